The predicted molar refractivity (Wildman–Crippen MR) is 190 cm³/mol. The number of rotatable bonds is 12. The summed E-state index contributed by atoms with van der Waals surface area (Å²) in [5.41, 5.74) is 4.67. The molecule has 0 bridgehead atoms. The number of amides is 2. The lowest BCUT2D eigenvalue weighted by Gasteiger charge is -2.44. The van der Waals surface area contributed by atoms with Crippen molar-refractivity contribution in [3.63, 3.8) is 0 Å². The molecule has 5 atom stereocenters. The second-order valence-corrected chi connectivity index (χ2v) is 13.1. The van der Waals surface area contributed by atoms with E-state index in [-0.39, 0.29) is 30.5 Å². The van der Waals surface area contributed by atoms with Crippen LogP contribution in [0, 0.1) is 5.92 Å². The van der Waals surface area contributed by atoms with E-state index in [0.717, 1.165) is 66.5 Å². The largest absolute Gasteiger partial charge is 0.392 e. The van der Waals surface area contributed by atoms with Crippen LogP contribution in [-0.2, 0) is 33.8 Å². The van der Waals surface area contributed by atoms with Crippen LogP contribution in [0.25, 0.3) is 0 Å². The molecule has 3 heterocycles. The number of carbonyl (C=O) groups is 2. The third-order valence-corrected chi connectivity index (χ3v) is 9.55. The van der Waals surface area contributed by atoms with Gasteiger partial charge in [-0.3, -0.25) is 9.69 Å². The first kappa shape index (κ1) is 35.2. The van der Waals surface area contributed by atoms with Crippen LogP contribution in [0.1, 0.15) is 54.1 Å². The number of ether oxygens (including phenoxy) is 2. The highest BCUT2D eigenvalue weighted by molar-refractivity contribution is 5.87. The number of urea groups is 1. The smallest absolute Gasteiger partial charge is 0.315 e. The van der Waals surface area contributed by atoms with Crippen LogP contribution in [-0.4, -0.2) is 76.7 Å². The number of nitrogens with zero attached hydrogens (tertiary/aromatic N) is 4. The van der Waals surface area contributed by atoms with Crippen LogP contribution in [0.5, 0.6) is 0 Å². The predicted octanol–water partition coefficient (Wildman–Crippen LogP) is 4.58. The molecule has 0 saturated carbocycles. The maximum Gasteiger partial charge on any atom is 0.315 e. The Hall–Kier alpha value is -4.68. The monoisotopic (exact) mass is 678 g/mol. The van der Waals surface area contributed by atoms with E-state index in [4.69, 9.17) is 9.47 Å². The van der Waals surface area contributed by atoms with Crippen molar-refractivity contribution in [2.24, 2.45) is 5.92 Å². The van der Waals surface area contributed by atoms with E-state index < -0.39 is 18.4 Å². The highest BCUT2D eigenvalue weighted by Crippen LogP contribution is 2.42. The van der Waals surface area contributed by atoms with E-state index in [1.165, 1.54) is 6.92 Å². The summed E-state index contributed by atoms with van der Waals surface area (Å²) < 4.78 is 13.3. The molecule has 11 nitrogen and oxygen atoms in total. The zero-order chi connectivity index (χ0) is 34.9. The lowest BCUT2D eigenvalue weighted by atomic mass is 9.90. The summed E-state index contributed by atoms with van der Waals surface area (Å²) in [6, 6.07) is 26.3. The molecule has 1 aromatic heterocycles. The first-order chi connectivity index (χ1) is 24.4. The summed E-state index contributed by atoms with van der Waals surface area (Å²) in [6.45, 7) is 8.15. The van der Waals surface area contributed by atoms with Crippen molar-refractivity contribution >= 4 is 17.8 Å². The van der Waals surface area contributed by atoms with Crippen molar-refractivity contribution in [2.45, 2.75) is 58.0 Å². The fraction of sp³-hybridized carbons (Fsp3) is 0.385. The molecule has 3 N–H and O–H groups in total. The van der Waals surface area contributed by atoms with Crippen LogP contribution >= 0.6 is 0 Å². The Kier molecular flexibility index (Phi) is 11.8. The highest BCUT2D eigenvalue weighted by Gasteiger charge is 2.39. The summed E-state index contributed by atoms with van der Waals surface area (Å²) in [4.78, 5) is 38.4. The lowest BCUT2D eigenvalue weighted by Crippen LogP contribution is -2.51. The standard InChI is InChI=1S/C39H46N6O5/c1-27-35(25-44-19-21-45(22-20-44)38-40-17-6-18-41-38)49-37(50-36(27)32-13-11-31(26-46)12-14-32)33-15-9-30(10-16-33)24-42-39(48)43-34(28(2)47)23-29-7-4-3-5-8-29/h3-18,27,34-37,46H,19-26H2,1-2H3,(H2,42,43,48). The van der Waals surface area contributed by atoms with Gasteiger partial charge in [0.05, 0.1) is 24.9 Å². The number of anilines is 1. The number of piperazine rings is 1. The molecular weight excluding hydrogens is 632 g/mol. The summed E-state index contributed by atoms with van der Waals surface area (Å²) >= 11 is 0. The highest BCUT2D eigenvalue weighted by atomic mass is 16.7. The Morgan fingerprint density at radius 1 is 0.840 bits per heavy atom. The van der Waals surface area contributed by atoms with E-state index in [2.05, 4.69) is 37.3 Å². The van der Waals surface area contributed by atoms with Crippen molar-refractivity contribution in [3.05, 3.63) is 125 Å². The second-order valence-electron chi connectivity index (χ2n) is 13.1. The molecule has 50 heavy (non-hydrogen) atoms. The molecule has 4 aromatic rings. The van der Waals surface area contributed by atoms with Gasteiger partial charge in [0.25, 0.3) is 0 Å². The zero-order valence-corrected chi connectivity index (χ0v) is 28.7. The third-order valence-electron chi connectivity index (χ3n) is 9.55. The van der Waals surface area contributed by atoms with Crippen LogP contribution in [0.15, 0.2) is 97.3 Å². The number of ketones is 1. The van der Waals surface area contributed by atoms with Crippen LogP contribution in [0.4, 0.5) is 10.7 Å². The number of aromatic nitrogens is 2. The molecule has 262 valence electrons. The van der Waals surface area contributed by atoms with Gasteiger partial charge in [0.2, 0.25) is 5.95 Å². The lowest BCUT2D eigenvalue weighted by molar-refractivity contribution is -0.276. The minimum Gasteiger partial charge on any atom is -0.392 e. The third kappa shape index (κ3) is 9.10. The molecule has 2 amide bonds. The zero-order valence-electron chi connectivity index (χ0n) is 28.7. The molecule has 0 spiro atoms. The Labute approximate surface area is 293 Å². The number of nitrogens with one attached hydrogen (secondary N) is 2. The number of Topliss-reactive ketones (excluding diaryl/α,β-unsaturated/α-hetero) is 1. The Bertz CT molecular complexity index is 1670. The maximum atomic E-state index is 12.7. The fourth-order valence-electron chi connectivity index (χ4n) is 6.50. The number of aliphatic hydroxyl groups excluding tert-OH is 1. The molecule has 11 heteroatoms. The molecule has 2 aliphatic heterocycles. The first-order valence-corrected chi connectivity index (χ1v) is 17.3. The van der Waals surface area contributed by atoms with E-state index in [0.29, 0.717) is 13.0 Å². The molecule has 3 aromatic carbocycles. The average Bonchev–Trinajstić information content (AvgIpc) is 3.16. The van der Waals surface area contributed by atoms with E-state index in [1.54, 1.807) is 12.4 Å². The van der Waals surface area contributed by atoms with Crippen molar-refractivity contribution in [1.82, 2.24) is 25.5 Å². The number of benzene rings is 3. The van der Waals surface area contributed by atoms with Crippen LogP contribution in [0.2, 0.25) is 0 Å². The minimum absolute atomic E-state index is 0.0103. The van der Waals surface area contributed by atoms with Gasteiger partial charge < -0.3 is 30.1 Å². The normalized spacial score (nSPS) is 21.7. The Morgan fingerprint density at radius 3 is 2.16 bits per heavy atom. The van der Waals surface area contributed by atoms with Gasteiger partial charge in [-0.05, 0) is 41.7 Å². The second kappa shape index (κ2) is 16.8. The van der Waals surface area contributed by atoms with E-state index >= 15 is 0 Å². The maximum absolute atomic E-state index is 12.7. The topological polar surface area (TPSA) is 129 Å². The van der Waals surface area contributed by atoms with Crippen LogP contribution in [0.3, 0.4) is 0 Å². The molecular formula is C39H46N6O5. The van der Waals surface area contributed by atoms with Crippen molar-refractivity contribution in [2.75, 3.05) is 37.6 Å². The molecule has 2 saturated heterocycles. The molecule has 5 unspecified atom stereocenters. The molecule has 0 radical (unpaired) electrons. The van der Waals surface area contributed by atoms with Gasteiger partial charge in [-0.25, -0.2) is 14.8 Å². The number of hydrogen-bond acceptors (Lipinski definition) is 9. The van der Waals surface area contributed by atoms with E-state index in [9.17, 15) is 14.7 Å². The van der Waals surface area contributed by atoms with Crippen molar-refractivity contribution in [1.29, 1.82) is 0 Å². The van der Waals surface area contributed by atoms with Gasteiger partial charge >= 0.3 is 6.03 Å². The Morgan fingerprint density at radius 2 is 1.50 bits per heavy atom. The van der Waals surface area contributed by atoms with Crippen LogP contribution < -0.4 is 15.5 Å². The summed E-state index contributed by atoms with van der Waals surface area (Å²) in [5, 5.41) is 15.3. The van der Waals surface area contributed by atoms with Gasteiger partial charge in [-0.2, -0.15) is 0 Å². The van der Waals surface area contributed by atoms with Gasteiger partial charge in [0.1, 0.15) is 0 Å². The van der Waals surface area contributed by atoms with E-state index in [1.807, 2.05) is 84.9 Å². The van der Waals surface area contributed by atoms with Gasteiger partial charge in [-0.1, -0.05) is 85.8 Å². The molecule has 2 fully saturated rings. The molecule has 6 rings (SSSR count). The molecule has 2 aliphatic rings. The SMILES string of the molecule is CC(=O)C(Cc1ccccc1)NC(=O)NCc1ccc(C2OC(CN3CCN(c4ncccn4)CC3)C(C)C(c3ccc(CO)cc3)O2)cc1. The number of aliphatic hydroxyl groups is 1. The fourth-order valence-corrected chi connectivity index (χ4v) is 6.50. The Balaban J connectivity index is 1.09. The first-order valence-electron chi connectivity index (χ1n) is 17.3. The van der Waals surface area contributed by atoms with Gasteiger partial charge in [0.15, 0.2) is 12.1 Å². The summed E-state index contributed by atoms with van der Waals surface area (Å²) in [6.07, 6.45) is 3.10. The summed E-state index contributed by atoms with van der Waals surface area (Å²) in [7, 11) is 0. The van der Waals surface area contributed by atoms with Gasteiger partial charge in [-0.15, -0.1) is 0 Å². The summed E-state index contributed by atoms with van der Waals surface area (Å²) in [5.74, 6) is 0.737. The minimum atomic E-state index is -0.606. The van der Waals surface area contributed by atoms with Crippen molar-refractivity contribution < 1.29 is 24.2 Å². The average molecular weight is 679 g/mol. The molecule has 0 aliphatic carbocycles. The quantitative estimate of drug-likeness (QED) is 0.197. The number of hydrogen-bond donors (Lipinski definition) is 3. The van der Waals surface area contributed by atoms with Crippen molar-refractivity contribution in [3.8, 4) is 0 Å². The van der Waals surface area contributed by atoms with Gasteiger partial charge in [0, 0.05) is 63.1 Å². The number of carbonyl (C=O) groups excluding carboxylic acids is 2.